The van der Waals surface area contributed by atoms with E-state index in [4.69, 9.17) is 0 Å². The molecule has 0 spiro atoms. The van der Waals surface area contributed by atoms with Crippen molar-refractivity contribution in [2.24, 2.45) is 0 Å². The summed E-state index contributed by atoms with van der Waals surface area (Å²) in [5, 5.41) is 18.5. The van der Waals surface area contributed by atoms with E-state index < -0.39 is 0 Å². The van der Waals surface area contributed by atoms with Crippen molar-refractivity contribution < 1.29 is 4.79 Å². The minimum atomic E-state index is -0.0323. The van der Waals surface area contributed by atoms with Crippen molar-refractivity contribution in [3.05, 3.63) is 21.4 Å². The third-order valence-corrected chi connectivity index (χ3v) is 5.43. The minimum Gasteiger partial charge on any atom is -0.348 e. The van der Waals surface area contributed by atoms with Crippen molar-refractivity contribution >= 4 is 17.2 Å². The zero-order valence-electron chi connectivity index (χ0n) is 12.8. The standard InChI is InChI=1S/C14H20N6OS/c1-3-11-15-8(2)12(22-11)14(21)16-10-7-5-4-6-9(10)13-17-19-20-18-13/h9-10H,3-7H2,1-2H3,(H,16,21)(H,17,18,19,20). The van der Waals surface area contributed by atoms with Gasteiger partial charge in [-0.3, -0.25) is 4.79 Å². The molecule has 0 bridgehead atoms. The average Bonchev–Trinajstić information content (AvgIpc) is 3.17. The van der Waals surface area contributed by atoms with Crippen LogP contribution in [0.2, 0.25) is 0 Å². The lowest BCUT2D eigenvalue weighted by atomic mass is 9.84. The highest BCUT2D eigenvalue weighted by molar-refractivity contribution is 7.13. The molecule has 3 rings (SSSR count). The van der Waals surface area contributed by atoms with Crippen LogP contribution in [0.4, 0.5) is 0 Å². The van der Waals surface area contributed by atoms with Crippen LogP contribution in [0, 0.1) is 6.92 Å². The molecule has 0 aromatic carbocycles. The van der Waals surface area contributed by atoms with Gasteiger partial charge in [-0.15, -0.1) is 21.5 Å². The molecule has 1 fully saturated rings. The molecule has 0 aliphatic heterocycles. The van der Waals surface area contributed by atoms with Gasteiger partial charge < -0.3 is 5.32 Å². The maximum absolute atomic E-state index is 12.6. The summed E-state index contributed by atoms with van der Waals surface area (Å²) in [5.41, 5.74) is 0.811. The van der Waals surface area contributed by atoms with Crippen molar-refractivity contribution in [3.8, 4) is 0 Å². The van der Waals surface area contributed by atoms with Gasteiger partial charge >= 0.3 is 0 Å². The number of rotatable bonds is 4. The molecular weight excluding hydrogens is 300 g/mol. The van der Waals surface area contributed by atoms with Crippen LogP contribution in [-0.4, -0.2) is 37.6 Å². The van der Waals surface area contributed by atoms with E-state index in [-0.39, 0.29) is 17.9 Å². The normalized spacial score (nSPS) is 21.7. The zero-order valence-corrected chi connectivity index (χ0v) is 13.6. The summed E-state index contributed by atoms with van der Waals surface area (Å²) >= 11 is 1.48. The number of aromatic amines is 1. The second-order valence-electron chi connectivity index (χ2n) is 5.62. The first-order chi connectivity index (χ1) is 10.7. The lowest BCUT2D eigenvalue weighted by Gasteiger charge is -2.29. The molecule has 1 saturated carbocycles. The third kappa shape index (κ3) is 3.01. The van der Waals surface area contributed by atoms with E-state index in [1.165, 1.54) is 11.3 Å². The van der Waals surface area contributed by atoms with Crippen molar-refractivity contribution in [1.29, 1.82) is 0 Å². The Kier molecular flexibility index (Phi) is 4.47. The smallest absolute Gasteiger partial charge is 0.263 e. The van der Waals surface area contributed by atoms with Crippen molar-refractivity contribution in [1.82, 2.24) is 30.9 Å². The molecule has 2 atom stereocenters. The number of carbonyl (C=O) groups is 1. The van der Waals surface area contributed by atoms with Crippen molar-refractivity contribution in [2.75, 3.05) is 0 Å². The van der Waals surface area contributed by atoms with E-state index in [2.05, 4.69) is 30.9 Å². The predicted octanol–water partition coefficient (Wildman–Crippen LogP) is 1.98. The number of amides is 1. The highest BCUT2D eigenvalue weighted by Gasteiger charge is 2.31. The molecule has 22 heavy (non-hydrogen) atoms. The Balaban J connectivity index is 1.75. The van der Waals surface area contributed by atoms with Crippen LogP contribution in [0.3, 0.4) is 0 Å². The van der Waals surface area contributed by atoms with Gasteiger partial charge in [0.25, 0.3) is 5.91 Å². The van der Waals surface area contributed by atoms with Gasteiger partial charge in [0.1, 0.15) is 4.88 Å². The number of aromatic nitrogens is 5. The lowest BCUT2D eigenvalue weighted by molar-refractivity contribution is 0.0923. The summed E-state index contributed by atoms with van der Waals surface area (Å²) in [4.78, 5) is 17.7. The second-order valence-corrected chi connectivity index (χ2v) is 6.70. The van der Waals surface area contributed by atoms with Gasteiger partial charge in [-0.05, 0) is 26.2 Å². The second kappa shape index (κ2) is 6.51. The molecule has 2 N–H and O–H groups in total. The predicted molar refractivity (Wildman–Crippen MR) is 82.9 cm³/mol. The molecule has 0 saturated heterocycles. The number of carbonyl (C=O) groups excluding carboxylic acids is 1. The summed E-state index contributed by atoms with van der Waals surface area (Å²) < 4.78 is 0. The summed E-state index contributed by atoms with van der Waals surface area (Å²) in [6.07, 6.45) is 5.02. The third-order valence-electron chi connectivity index (χ3n) is 4.13. The number of nitrogens with zero attached hydrogens (tertiary/aromatic N) is 4. The largest absolute Gasteiger partial charge is 0.348 e. The minimum absolute atomic E-state index is 0.0323. The monoisotopic (exact) mass is 320 g/mol. The first-order valence-corrected chi connectivity index (χ1v) is 8.51. The number of hydrogen-bond acceptors (Lipinski definition) is 6. The van der Waals surface area contributed by atoms with Gasteiger partial charge in [0.05, 0.1) is 10.7 Å². The average molecular weight is 320 g/mol. The molecule has 0 radical (unpaired) electrons. The Morgan fingerprint density at radius 3 is 2.91 bits per heavy atom. The molecular formula is C14H20N6OS. The van der Waals surface area contributed by atoms with E-state index in [0.29, 0.717) is 10.7 Å². The molecule has 2 aromatic rings. The first kappa shape index (κ1) is 15.1. The van der Waals surface area contributed by atoms with E-state index in [0.717, 1.165) is 42.8 Å². The SMILES string of the molecule is CCc1nc(C)c(C(=O)NC2CCCCC2c2nn[nH]n2)s1. The summed E-state index contributed by atoms with van der Waals surface area (Å²) in [5.74, 6) is 0.797. The van der Waals surface area contributed by atoms with Crippen LogP contribution >= 0.6 is 11.3 Å². The molecule has 1 amide bonds. The van der Waals surface area contributed by atoms with E-state index in [1.54, 1.807) is 0 Å². The van der Waals surface area contributed by atoms with Gasteiger partial charge in [0.2, 0.25) is 0 Å². The first-order valence-electron chi connectivity index (χ1n) is 7.69. The maximum Gasteiger partial charge on any atom is 0.263 e. The number of tetrazole rings is 1. The number of thiazole rings is 1. The topological polar surface area (TPSA) is 96.5 Å². The van der Waals surface area contributed by atoms with E-state index in [1.807, 2.05) is 13.8 Å². The van der Waals surface area contributed by atoms with Crippen LogP contribution in [0.25, 0.3) is 0 Å². The van der Waals surface area contributed by atoms with Gasteiger partial charge in [0.15, 0.2) is 5.82 Å². The van der Waals surface area contributed by atoms with Crippen LogP contribution < -0.4 is 5.32 Å². The van der Waals surface area contributed by atoms with Crippen LogP contribution in [-0.2, 0) is 6.42 Å². The lowest BCUT2D eigenvalue weighted by Crippen LogP contribution is -2.41. The highest BCUT2D eigenvalue weighted by atomic mass is 32.1. The number of hydrogen-bond donors (Lipinski definition) is 2. The fraction of sp³-hybridized carbons (Fsp3) is 0.643. The van der Waals surface area contributed by atoms with Gasteiger partial charge in [0, 0.05) is 12.0 Å². The Hall–Kier alpha value is -1.83. The molecule has 118 valence electrons. The Labute approximate surface area is 132 Å². The van der Waals surface area contributed by atoms with Crippen molar-refractivity contribution in [3.63, 3.8) is 0 Å². The maximum atomic E-state index is 12.6. The summed E-state index contributed by atoms with van der Waals surface area (Å²) in [6.45, 7) is 3.94. The molecule has 1 aliphatic rings. The fourth-order valence-electron chi connectivity index (χ4n) is 2.99. The molecule has 8 heteroatoms. The molecule has 2 heterocycles. The molecule has 2 unspecified atom stereocenters. The number of H-pyrrole nitrogens is 1. The van der Waals surface area contributed by atoms with E-state index in [9.17, 15) is 4.79 Å². The van der Waals surface area contributed by atoms with Crippen LogP contribution in [0.5, 0.6) is 0 Å². The Morgan fingerprint density at radius 2 is 2.23 bits per heavy atom. The molecule has 2 aromatic heterocycles. The Morgan fingerprint density at radius 1 is 1.41 bits per heavy atom. The quantitative estimate of drug-likeness (QED) is 0.898. The highest BCUT2D eigenvalue weighted by Crippen LogP contribution is 2.31. The van der Waals surface area contributed by atoms with Crippen LogP contribution in [0.1, 0.15) is 64.7 Å². The van der Waals surface area contributed by atoms with Crippen LogP contribution in [0.15, 0.2) is 0 Å². The van der Waals surface area contributed by atoms with E-state index >= 15 is 0 Å². The number of nitrogens with one attached hydrogen (secondary N) is 2. The molecule has 1 aliphatic carbocycles. The number of aryl methyl sites for hydroxylation is 2. The van der Waals surface area contributed by atoms with Gasteiger partial charge in [-0.1, -0.05) is 25.0 Å². The summed E-state index contributed by atoms with van der Waals surface area (Å²) in [7, 11) is 0. The molecule has 7 nitrogen and oxygen atoms in total. The summed E-state index contributed by atoms with van der Waals surface area (Å²) in [6, 6.07) is 0.0606. The van der Waals surface area contributed by atoms with Gasteiger partial charge in [-0.25, -0.2) is 4.98 Å². The van der Waals surface area contributed by atoms with Gasteiger partial charge in [-0.2, -0.15) is 5.21 Å². The Bertz CT molecular complexity index is 638. The fourth-order valence-corrected chi connectivity index (χ4v) is 3.89. The van der Waals surface area contributed by atoms with Crippen molar-refractivity contribution in [2.45, 2.75) is 57.9 Å². The zero-order chi connectivity index (χ0) is 15.5.